The number of imidazole rings is 1. The second-order valence-corrected chi connectivity index (χ2v) is 9.93. The number of hydrogen-bond acceptors (Lipinski definition) is 5. The van der Waals surface area contributed by atoms with Crippen LogP contribution in [0, 0.1) is 6.92 Å². The predicted molar refractivity (Wildman–Crippen MR) is 130 cm³/mol. The number of aromatic amines is 1. The van der Waals surface area contributed by atoms with E-state index in [0.717, 1.165) is 30.5 Å². The Hall–Kier alpha value is -3.00. The molecule has 9 heteroatoms. The number of fused-ring (bicyclic) bond motifs is 1. The van der Waals surface area contributed by atoms with Crippen LogP contribution < -0.4 is 15.8 Å². The summed E-state index contributed by atoms with van der Waals surface area (Å²) in [7, 11) is 0. The number of carbonyl (C=O) groups is 1. The lowest BCUT2D eigenvalue weighted by Gasteiger charge is -2.34. The van der Waals surface area contributed by atoms with Crippen LogP contribution in [0.5, 0.6) is 0 Å². The van der Waals surface area contributed by atoms with Crippen molar-refractivity contribution in [3.63, 3.8) is 0 Å². The van der Waals surface area contributed by atoms with Crippen LogP contribution in [0.2, 0.25) is 5.02 Å². The van der Waals surface area contributed by atoms with Crippen molar-refractivity contribution in [3.8, 4) is 0 Å². The van der Waals surface area contributed by atoms with E-state index in [4.69, 9.17) is 21.3 Å². The number of rotatable bonds is 4. The van der Waals surface area contributed by atoms with Crippen molar-refractivity contribution >= 4 is 34.7 Å². The molecule has 33 heavy (non-hydrogen) atoms. The Balaban J connectivity index is 1.69. The van der Waals surface area contributed by atoms with Crippen LogP contribution in [0.3, 0.4) is 0 Å². The molecule has 4 rings (SSSR count). The molecule has 8 nitrogen and oxygen atoms in total. The largest absolute Gasteiger partial charge is 0.444 e. The zero-order valence-electron chi connectivity index (χ0n) is 19.4. The maximum absolute atomic E-state index is 12.8. The fraction of sp³-hybridized carbons (Fsp3) is 0.458. The average molecular weight is 472 g/mol. The lowest BCUT2D eigenvalue weighted by molar-refractivity contribution is 0.0500. The third-order valence-corrected chi connectivity index (χ3v) is 6.04. The standard InChI is InChI=1S/C24H30ClN5O3/c1-15-12-26-21(31)20-19(15)28-22(30(20)13-16-8-5-6-10-18(16)25)29-11-7-9-17(14-29)27-23(32)33-24(2,3)4/h5-6,8,10,12,17H,7,9,11,13-14H2,1-4H3,(H,26,31)(H,27,32)/t17-/m1/s1. The molecule has 3 heterocycles. The summed E-state index contributed by atoms with van der Waals surface area (Å²) >= 11 is 6.44. The van der Waals surface area contributed by atoms with Gasteiger partial charge in [-0.05, 0) is 57.7 Å². The number of pyridine rings is 1. The maximum atomic E-state index is 12.8. The first kappa shape index (κ1) is 23.2. The lowest BCUT2D eigenvalue weighted by Crippen LogP contribution is -2.49. The van der Waals surface area contributed by atoms with E-state index < -0.39 is 11.7 Å². The molecule has 0 spiro atoms. The first-order valence-corrected chi connectivity index (χ1v) is 11.6. The number of anilines is 1. The van der Waals surface area contributed by atoms with Gasteiger partial charge in [0.05, 0.1) is 6.54 Å². The summed E-state index contributed by atoms with van der Waals surface area (Å²) in [6.07, 6.45) is 2.99. The topological polar surface area (TPSA) is 92.2 Å². The summed E-state index contributed by atoms with van der Waals surface area (Å²) in [6, 6.07) is 7.52. The molecule has 176 valence electrons. The number of benzene rings is 1. The quantitative estimate of drug-likeness (QED) is 0.594. The zero-order chi connectivity index (χ0) is 23.8. The van der Waals surface area contributed by atoms with Gasteiger partial charge in [0.1, 0.15) is 16.6 Å². The van der Waals surface area contributed by atoms with Gasteiger partial charge in [0.15, 0.2) is 0 Å². The maximum Gasteiger partial charge on any atom is 0.407 e. The molecule has 1 aromatic carbocycles. The number of aromatic nitrogens is 3. The highest BCUT2D eigenvalue weighted by molar-refractivity contribution is 6.31. The molecule has 2 aromatic heterocycles. The number of H-pyrrole nitrogens is 1. The van der Waals surface area contributed by atoms with Gasteiger partial charge in [-0.15, -0.1) is 0 Å². The molecule has 0 radical (unpaired) electrons. The highest BCUT2D eigenvalue weighted by Gasteiger charge is 2.28. The number of amides is 1. The molecule has 0 saturated carbocycles. The van der Waals surface area contributed by atoms with Crippen LogP contribution in [0.25, 0.3) is 11.0 Å². The van der Waals surface area contributed by atoms with Crippen molar-refractivity contribution in [2.75, 3.05) is 18.0 Å². The summed E-state index contributed by atoms with van der Waals surface area (Å²) < 4.78 is 7.36. The predicted octanol–water partition coefficient (Wildman–Crippen LogP) is 4.23. The number of halogens is 1. The summed E-state index contributed by atoms with van der Waals surface area (Å²) in [5, 5.41) is 3.62. The number of alkyl carbamates (subject to hydrolysis) is 1. The van der Waals surface area contributed by atoms with E-state index in [1.807, 2.05) is 56.5 Å². The molecule has 1 atom stereocenters. The Labute approximate surface area is 197 Å². The Kier molecular flexibility index (Phi) is 6.38. The number of carbonyl (C=O) groups excluding carboxylic acids is 1. The van der Waals surface area contributed by atoms with E-state index in [-0.39, 0.29) is 11.6 Å². The minimum atomic E-state index is -0.556. The highest BCUT2D eigenvalue weighted by Crippen LogP contribution is 2.28. The van der Waals surface area contributed by atoms with Gasteiger partial charge < -0.3 is 24.5 Å². The van der Waals surface area contributed by atoms with Gasteiger partial charge in [0.2, 0.25) is 5.95 Å². The van der Waals surface area contributed by atoms with Crippen molar-refractivity contribution in [2.24, 2.45) is 0 Å². The average Bonchev–Trinajstić information content (AvgIpc) is 3.12. The van der Waals surface area contributed by atoms with E-state index in [9.17, 15) is 9.59 Å². The number of piperidine rings is 1. The number of ether oxygens (including phenoxy) is 1. The van der Waals surface area contributed by atoms with Crippen LogP contribution in [0.15, 0.2) is 35.3 Å². The van der Waals surface area contributed by atoms with Gasteiger partial charge in [-0.1, -0.05) is 29.8 Å². The summed E-state index contributed by atoms with van der Waals surface area (Å²) in [4.78, 5) is 35.0. The molecule has 1 aliphatic rings. The fourth-order valence-electron chi connectivity index (χ4n) is 4.20. The summed E-state index contributed by atoms with van der Waals surface area (Å²) in [6.45, 7) is 9.22. The van der Waals surface area contributed by atoms with Crippen molar-refractivity contribution in [1.82, 2.24) is 19.9 Å². The third kappa shape index (κ3) is 5.16. The number of aryl methyl sites for hydroxylation is 1. The van der Waals surface area contributed by atoms with Crippen molar-refractivity contribution < 1.29 is 9.53 Å². The van der Waals surface area contributed by atoms with E-state index in [1.165, 1.54) is 0 Å². The first-order valence-electron chi connectivity index (χ1n) is 11.2. The summed E-state index contributed by atoms with van der Waals surface area (Å²) in [5.74, 6) is 0.695. The second-order valence-electron chi connectivity index (χ2n) is 9.52. The van der Waals surface area contributed by atoms with Crippen LogP contribution in [-0.2, 0) is 11.3 Å². The minimum Gasteiger partial charge on any atom is -0.444 e. The Morgan fingerprint density at radius 2 is 2.09 bits per heavy atom. The molecule has 1 fully saturated rings. The first-order chi connectivity index (χ1) is 15.6. The van der Waals surface area contributed by atoms with Crippen molar-refractivity contribution in [3.05, 3.63) is 57.0 Å². The van der Waals surface area contributed by atoms with E-state index in [0.29, 0.717) is 35.1 Å². The number of nitrogens with one attached hydrogen (secondary N) is 2. The SMILES string of the molecule is Cc1c[nH]c(=O)c2c1nc(N1CCC[C@@H](NC(=O)OC(C)(C)C)C1)n2Cc1ccccc1Cl. The molecule has 1 saturated heterocycles. The molecule has 0 bridgehead atoms. The van der Waals surface area contributed by atoms with Gasteiger partial charge >= 0.3 is 6.09 Å². The smallest absolute Gasteiger partial charge is 0.407 e. The Morgan fingerprint density at radius 3 is 2.82 bits per heavy atom. The van der Waals surface area contributed by atoms with E-state index in [2.05, 4.69) is 15.2 Å². The Bertz CT molecular complexity index is 1230. The molecule has 1 amide bonds. The van der Waals surface area contributed by atoms with Gasteiger partial charge in [-0.3, -0.25) is 4.79 Å². The molecule has 0 unspecified atom stereocenters. The van der Waals surface area contributed by atoms with Crippen LogP contribution in [0.4, 0.5) is 10.7 Å². The van der Waals surface area contributed by atoms with Gasteiger partial charge in [-0.25, -0.2) is 9.78 Å². The number of hydrogen-bond donors (Lipinski definition) is 2. The molecule has 0 aliphatic carbocycles. The molecular weight excluding hydrogens is 442 g/mol. The molecule has 3 aromatic rings. The Morgan fingerprint density at radius 1 is 1.33 bits per heavy atom. The molecule has 1 aliphatic heterocycles. The van der Waals surface area contributed by atoms with Gasteiger partial charge in [0.25, 0.3) is 5.56 Å². The lowest BCUT2D eigenvalue weighted by atomic mass is 10.1. The van der Waals surface area contributed by atoms with E-state index in [1.54, 1.807) is 6.20 Å². The van der Waals surface area contributed by atoms with Crippen LogP contribution in [-0.4, -0.2) is 45.4 Å². The molecule has 2 N–H and O–H groups in total. The van der Waals surface area contributed by atoms with Gasteiger partial charge in [-0.2, -0.15) is 0 Å². The van der Waals surface area contributed by atoms with Crippen LogP contribution in [0.1, 0.15) is 44.7 Å². The van der Waals surface area contributed by atoms with Gasteiger partial charge in [0, 0.05) is 30.4 Å². The number of nitrogens with zero attached hydrogens (tertiary/aromatic N) is 3. The second kappa shape index (κ2) is 9.09. The van der Waals surface area contributed by atoms with E-state index >= 15 is 0 Å². The normalized spacial score (nSPS) is 16.8. The monoisotopic (exact) mass is 471 g/mol. The van der Waals surface area contributed by atoms with Crippen molar-refractivity contribution in [2.45, 2.75) is 58.7 Å². The van der Waals surface area contributed by atoms with Crippen LogP contribution >= 0.6 is 11.6 Å². The zero-order valence-corrected chi connectivity index (χ0v) is 20.2. The third-order valence-electron chi connectivity index (χ3n) is 5.67. The fourth-order valence-corrected chi connectivity index (χ4v) is 4.39. The van der Waals surface area contributed by atoms with Crippen molar-refractivity contribution in [1.29, 1.82) is 0 Å². The minimum absolute atomic E-state index is 0.0819. The summed E-state index contributed by atoms with van der Waals surface area (Å²) in [5.41, 5.74) is 2.24. The molecular formula is C24H30ClN5O3. The highest BCUT2D eigenvalue weighted by atomic mass is 35.5.